The van der Waals surface area contributed by atoms with Crippen LogP contribution in [0.3, 0.4) is 0 Å². The van der Waals surface area contributed by atoms with Crippen LogP contribution in [0, 0.1) is 5.92 Å². The molecule has 0 N–H and O–H groups in total. The normalized spacial score (nSPS) is 16.1. The van der Waals surface area contributed by atoms with Crippen LogP contribution in [0.25, 0.3) is 0 Å². The fourth-order valence-electron chi connectivity index (χ4n) is 2.72. The van der Waals surface area contributed by atoms with Gasteiger partial charge in [0.1, 0.15) is 0 Å². The van der Waals surface area contributed by atoms with Gasteiger partial charge in [0.2, 0.25) is 5.91 Å². The van der Waals surface area contributed by atoms with Gasteiger partial charge < -0.3 is 9.64 Å². The maximum atomic E-state index is 12.5. The van der Waals surface area contributed by atoms with Crippen molar-refractivity contribution in [2.45, 2.75) is 32.4 Å². The monoisotopic (exact) mass is 343 g/mol. The van der Waals surface area contributed by atoms with Crippen LogP contribution in [0.5, 0.6) is 0 Å². The summed E-state index contributed by atoms with van der Waals surface area (Å²) in [7, 11) is 0. The molecule has 1 aliphatic rings. The third-order valence-corrected chi connectivity index (χ3v) is 4.10. The fraction of sp³-hybridized carbons (Fsp3) is 0.529. The van der Waals surface area contributed by atoms with Crippen LogP contribution >= 0.6 is 0 Å². The first-order chi connectivity index (χ1) is 11.3. The molecular formula is C17H20F3NO3. The highest BCUT2D eigenvalue weighted by molar-refractivity contribution is 5.79. The second-order valence-electron chi connectivity index (χ2n) is 5.78. The van der Waals surface area contributed by atoms with Crippen molar-refractivity contribution < 1.29 is 27.5 Å². The minimum atomic E-state index is -4.38. The molecule has 0 aromatic heterocycles. The predicted molar refractivity (Wildman–Crippen MR) is 81.1 cm³/mol. The Bertz CT molecular complexity index is 576. The molecule has 1 aromatic rings. The molecule has 1 aliphatic heterocycles. The topological polar surface area (TPSA) is 46.6 Å². The average Bonchev–Trinajstić information content (AvgIpc) is 2.55. The molecule has 132 valence electrons. The maximum Gasteiger partial charge on any atom is 0.416 e. The van der Waals surface area contributed by atoms with Gasteiger partial charge in [-0.05, 0) is 37.5 Å². The minimum Gasteiger partial charge on any atom is -0.466 e. The van der Waals surface area contributed by atoms with Crippen LogP contribution in [0.15, 0.2) is 24.3 Å². The lowest BCUT2D eigenvalue weighted by Gasteiger charge is -2.31. The zero-order valence-corrected chi connectivity index (χ0v) is 13.4. The summed E-state index contributed by atoms with van der Waals surface area (Å²) in [5.41, 5.74) is -0.186. The fourth-order valence-corrected chi connectivity index (χ4v) is 2.72. The molecule has 0 atom stereocenters. The van der Waals surface area contributed by atoms with Gasteiger partial charge in [-0.3, -0.25) is 9.59 Å². The first kappa shape index (κ1) is 18.3. The van der Waals surface area contributed by atoms with E-state index in [0.717, 1.165) is 12.1 Å². The number of benzene rings is 1. The number of piperidine rings is 1. The van der Waals surface area contributed by atoms with E-state index < -0.39 is 11.7 Å². The summed E-state index contributed by atoms with van der Waals surface area (Å²) in [6.45, 7) is 3.01. The summed E-state index contributed by atoms with van der Waals surface area (Å²) < 4.78 is 42.5. The number of nitrogens with zero attached hydrogens (tertiary/aromatic N) is 1. The standard InChI is InChI=1S/C17H20F3NO3/c1-2-24-16(23)13-7-9-21(10-8-13)15(22)11-12-3-5-14(6-4-12)17(18,19)20/h3-6,13H,2,7-11H2,1H3. The Morgan fingerprint density at radius 3 is 2.25 bits per heavy atom. The number of rotatable bonds is 4. The molecule has 2 rings (SSSR count). The Morgan fingerprint density at radius 1 is 1.17 bits per heavy atom. The van der Waals surface area contributed by atoms with Gasteiger partial charge in [-0.15, -0.1) is 0 Å². The van der Waals surface area contributed by atoms with E-state index in [1.54, 1.807) is 11.8 Å². The van der Waals surface area contributed by atoms with Crippen LogP contribution in [0.1, 0.15) is 30.9 Å². The number of amides is 1. The number of hydrogen-bond acceptors (Lipinski definition) is 3. The molecular weight excluding hydrogens is 323 g/mol. The van der Waals surface area contributed by atoms with Crippen molar-refractivity contribution >= 4 is 11.9 Å². The number of carbonyl (C=O) groups excluding carboxylic acids is 2. The highest BCUT2D eigenvalue weighted by atomic mass is 19.4. The molecule has 4 nitrogen and oxygen atoms in total. The second-order valence-corrected chi connectivity index (χ2v) is 5.78. The number of carbonyl (C=O) groups is 2. The maximum absolute atomic E-state index is 12.5. The van der Waals surface area contributed by atoms with E-state index >= 15 is 0 Å². The summed E-state index contributed by atoms with van der Waals surface area (Å²) in [5.74, 6) is -0.551. The summed E-state index contributed by atoms with van der Waals surface area (Å²) in [4.78, 5) is 25.5. The number of ether oxygens (including phenoxy) is 1. The van der Waals surface area contributed by atoms with Gasteiger partial charge in [0.05, 0.1) is 24.5 Å². The van der Waals surface area contributed by atoms with Crippen molar-refractivity contribution in [3.8, 4) is 0 Å². The first-order valence-electron chi connectivity index (χ1n) is 7.91. The SMILES string of the molecule is CCOC(=O)C1CCN(C(=O)Cc2ccc(C(F)(F)F)cc2)CC1. The molecule has 24 heavy (non-hydrogen) atoms. The van der Waals surface area contributed by atoms with E-state index in [-0.39, 0.29) is 24.2 Å². The molecule has 0 saturated carbocycles. The van der Waals surface area contributed by atoms with Crippen molar-refractivity contribution in [2.24, 2.45) is 5.92 Å². The molecule has 1 saturated heterocycles. The van der Waals surface area contributed by atoms with E-state index in [1.165, 1.54) is 12.1 Å². The summed E-state index contributed by atoms with van der Waals surface area (Å²) in [6, 6.07) is 4.61. The average molecular weight is 343 g/mol. The third kappa shape index (κ3) is 4.72. The van der Waals surface area contributed by atoms with Gasteiger partial charge in [-0.1, -0.05) is 12.1 Å². The number of halogens is 3. The quantitative estimate of drug-likeness (QED) is 0.790. The van der Waals surface area contributed by atoms with Gasteiger partial charge in [-0.2, -0.15) is 13.2 Å². The van der Waals surface area contributed by atoms with Crippen molar-refractivity contribution in [3.63, 3.8) is 0 Å². The highest BCUT2D eigenvalue weighted by Gasteiger charge is 2.30. The van der Waals surface area contributed by atoms with Crippen molar-refractivity contribution in [1.29, 1.82) is 0 Å². The molecule has 0 bridgehead atoms. The van der Waals surface area contributed by atoms with E-state index in [0.29, 0.717) is 38.1 Å². The van der Waals surface area contributed by atoms with Gasteiger partial charge in [0.15, 0.2) is 0 Å². The lowest BCUT2D eigenvalue weighted by atomic mass is 9.96. The molecule has 1 aromatic carbocycles. The number of alkyl halides is 3. The predicted octanol–water partition coefficient (Wildman–Crippen LogP) is 3.05. The zero-order chi connectivity index (χ0) is 17.7. The third-order valence-electron chi connectivity index (χ3n) is 4.10. The smallest absolute Gasteiger partial charge is 0.416 e. The molecule has 7 heteroatoms. The van der Waals surface area contributed by atoms with Crippen LogP contribution < -0.4 is 0 Å². The van der Waals surface area contributed by atoms with Crippen molar-refractivity contribution in [1.82, 2.24) is 4.90 Å². The van der Waals surface area contributed by atoms with Crippen molar-refractivity contribution in [3.05, 3.63) is 35.4 Å². The zero-order valence-electron chi connectivity index (χ0n) is 13.4. The highest BCUT2D eigenvalue weighted by Crippen LogP contribution is 2.29. The Kier molecular flexibility index (Phi) is 5.85. The van der Waals surface area contributed by atoms with Gasteiger partial charge in [0, 0.05) is 13.1 Å². The Hall–Kier alpha value is -2.05. The summed E-state index contributed by atoms with van der Waals surface area (Å²) >= 11 is 0. The molecule has 0 aliphatic carbocycles. The Labute approximate surface area is 138 Å². The van der Waals surface area contributed by atoms with Crippen LogP contribution in [-0.2, 0) is 26.9 Å². The largest absolute Gasteiger partial charge is 0.466 e. The van der Waals surface area contributed by atoms with E-state index in [2.05, 4.69) is 0 Å². The van der Waals surface area contributed by atoms with E-state index in [9.17, 15) is 22.8 Å². The molecule has 1 heterocycles. The number of likely N-dealkylation sites (tertiary alicyclic amines) is 1. The summed E-state index contributed by atoms with van der Waals surface area (Å²) in [5, 5.41) is 0. The molecule has 1 amide bonds. The lowest BCUT2D eigenvalue weighted by molar-refractivity contribution is -0.151. The lowest BCUT2D eigenvalue weighted by Crippen LogP contribution is -2.41. The van der Waals surface area contributed by atoms with Gasteiger partial charge in [-0.25, -0.2) is 0 Å². The van der Waals surface area contributed by atoms with Crippen LogP contribution in [-0.4, -0.2) is 36.5 Å². The Morgan fingerprint density at radius 2 is 1.75 bits per heavy atom. The van der Waals surface area contributed by atoms with E-state index in [1.807, 2.05) is 0 Å². The number of esters is 1. The molecule has 1 fully saturated rings. The van der Waals surface area contributed by atoms with Crippen molar-refractivity contribution in [2.75, 3.05) is 19.7 Å². The molecule has 0 unspecified atom stereocenters. The summed E-state index contributed by atoms with van der Waals surface area (Å²) in [6.07, 6.45) is -3.21. The molecule has 0 spiro atoms. The molecule has 0 radical (unpaired) electrons. The van der Waals surface area contributed by atoms with Gasteiger partial charge in [0.25, 0.3) is 0 Å². The van der Waals surface area contributed by atoms with E-state index in [4.69, 9.17) is 4.74 Å². The minimum absolute atomic E-state index is 0.0577. The van der Waals surface area contributed by atoms with Crippen LogP contribution in [0.4, 0.5) is 13.2 Å². The first-order valence-corrected chi connectivity index (χ1v) is 7.91. The Balaban J connectivity index is 1.86. The van der Waals surface area contributed by atoms with Gasteiger partial charge >= 0.3 is 12.1 Å². The number of hydrogen-bond donors (Lipinski definition) is 0. The van der Waals surface area contributed by atoms with Crippen LogP contribution in [0.2, 0.25) is 0 Å². The second kappa shape index (κ2) is 7.68.